The molecule has 0 bridgehead atoms. The Morgan fingerprint density at radius 2 is 1.79 bits per heavy atom. The summed E-state index contributed by atoms with van der Waals surface area (Å²) in [5.41, 5.74) is 3.76. The molecule has 148 valence electrons. The number of ether oxygens (including phenoxy) is 1. The van der Waals surface area contributed by atoms with Crippen LogP contribution in [0.25, 0.3) is 10.9 Å². The van der Waals surface area contributed by atoms with Crippen LogP contribution >= 0.6 is 0 Å². The minimum absolute atomic E-state index is 0.0747. The van der Waals surface area contributed by atoms with Gasteiger partial charge in [0.1, 0.15) is 5.69 Å². The van der Waals surface area contributed by atoms with Crippen LogP contribution in [-0.4, -0.2) is 37.7 Å². The molecule has 0 fully saturated rings. The molecule has 2 amide bonds. The average molecular weight is 392 g/mol. The molecule has 0 atom stereocenters. The first kappa shape index (κ1) is 18.5. The number of nitrogens with zero attached hydrogens (tertiary/aromatic N) is 1. The number of esters is 1. The van der Waals surface area contributed by atoms with Gasteiger partial charge in [-0.15, -0.1) is 0 Å². The fourth-order valence-corrected chi connectivity index (χ4v) is 3.48. The lowest BCUT2D eigenvalue weighted by Crippen LogP contribution is -2.20. The molecular formula is C21H20N4O4. The molecule has 8 nitrogen and oxygen atoms in total. The SMILES string of the molecule is COC(=O)c1cc(=O)c2cc(NC(=O)Nc3ccc4c(c3)CCN4C)ccc2[nH]1. The number of methoxy groups -OCH3 is 1. The Balaban J connectivity index is 1.52. The Morgan fingerprint density at radius 1 is 1.07 bits per heavy atom. The number of fused-ring (bicyclic) bond motifs is 2. The molecular weight excluding hydrogens is 372 g/mol. The first-order valence-corrected chi connectivity index (χ1v) is 9.12. The maximum absolute atomic E-state index is 12.4. The van der Waals surface area contributed by atoms with Gasteiger partial charge in [-0.25, -0.2) is 9.59 Å². The van der Waals surface area contributed by atoms with E-state index in [1.54, 1.807) is 18.2 Å². The van der Waals surface area contributed by atoms with Crippen molar-refractivity contribution in [3.05, 3.63) is 63.9 Å². The van der Waals surface area contributed by atoms with E-state index in [9.17, 15) is 14.4 Å². The van der Waals surface area contributed by atoms with Gasteiger partial charge in [0.05, 0.1) is 12.6 Å². The molecule has 0 unspecified atom stereocenters. The summed E-state index contributed by atoms with van der Waals surface area (Å²) in [4.78, 5) is 41.4. The van der Waals surface area contributed by atoms with E-state index >= 15 is 0 Å². The summed E-state index contributed by atoms with van der Waals surface area (Å²) in [6.07, 6.45) is 0.948. The second kappa shape index (κ2) is 7.31. The van der Waals surface area contributed by atoms with Crippen molar-refractivity contribution < 1.29 is 14.3 Å². The molecule has 3 aromatic rings. The lowest BCUT2D eigenvalue weighted by Gasteiger charge is -2.13. The third-order valence-corrected chi connectivity index (χ3v) is 4.96. The first-order chi connectivity index (χ1) is 13.9. The van der Waals surface area contributed by atoms with Crippen LogP contribution in [0.3, 0.4) is 0 Å². The number of anilines is 3. The number of benzene rings is 2. The van der Waals surface area contributed by atoms with E-state index in [-0.39, 0.29) is 11.1 Å². The fourth-order valence-electron chi connectivity index (χ4n) is 3.48. The number of H-pyrrole nitrogens is 1. The summed E-state index contributed by atoms with van der Waals surface area (Å²) >= 11 is 0. The number of hydrogen-bond acceptors (Lipinski definition) is 5. The molecule has 8 heteroatoms. The molecule has 1 aliphatic rings. The lowest BCUT2D eigenvalue weighted by molar-refractivity contribution is 0.0594. The van der Waals surface area contributed by atoms with E-state index in [0.29, 0.717) is 22.3 Å². The number of pyridine rings is 1. The van der Waals surface area contributed by atoms with Gasteiger partial charge in [0.25, 0.3) is 0 Å². The average Bonchev–Trinajstić information content (AvgIpc) is 3.07. The molecule has 4 rings (SSSR count). The molecule has 1 aliphatic heterocycles. The second-order valence-electron chi connectivity index (χ2n) is 6.89. The molecule has 2 heterocycles. The van der Waals surface area contributed by atoms with Crippen LogP contribution in [0, 0.1) is 0 Å². The molecule has 29 heavy (non-hydrogen) atoms. The Morgan fingerprint density at radius 3 is 2.55 bits per heavy atom. The van der Waals surface area contributed by atoms with Crippen molar-refractivity contribution in [3.8, 4) is 0 Å². The van der Waals surface area contributed by atoms with E-state index in [4.69, 9.17) is 0 Å². The van der Waals surface area contributed by atoms with Gasteiger partial charge in [0.15, 0.2) is 5.43 Å². The number of carbonyl (C=O) groups is 2. The summed E-state index contributed by atoms with van der Waals surface area (Å²) in [7, 11) is 3.29. The quantitative estimate of drug-likeness (QED) is 0.595. The fraction of sp³-hybridized carbons (Fsp3) is 0.190. The van der Waals surface area contributed by atoms with Crippen molar-refractivity contribution in [1.29, 1.82) is 0 Å². The predicted molar refractivity (Wildman–Crippen MR) is 112 cm³/mol. The highest BCUT2D eigenvalue weighted by Gasteiger charge is 2.16. The highest BCUT2D eigenvalue weighted by molar-refractivity contribution is 6.01. The number of urea groups is 1. The zero-order valence-electron chi connectivity index (χ0n) is 16.0. The standard InChI is InChI=1S/C21H20N4O4/c1-25-8-7-12-9-13(4-6-18(12)25)22-21(28)23-14-3-5-16-15(10-14)19(26)11-17(24-16)20(27)29-2/h3-6,9-11H,7-8H2,1-2H3,(H,24,26)(H2,22,23,28). The number of nitrogens with one attached hydrogen (secondary N) is 3. The number of carbonyl (C=O) groups excluding carboxylic acids is 2. The third-order valence-electron chi connectivity index (χ3n) is 4.96. The van der Waals surface area contributed by atoms with Crippen molar-refractivity contribution in [3.63, 3.8) is 0 Å². The number of amides is 2. The smallest absolute Gasteiger partial charge is 0.354 e. The van der Waals surface area contributed by atoms with Crippen LogP contribution in [0.2, 0.25) is 0 Å². The number of rotatable bonds is 3. The number of aromatic nitrogens is 1. The van der Waals surface area contributed by atoms with Gasteiger partial charge in [-0.2, -0.15) is 0 Å². The van der Waals surface area contributed by atoms with E-state index in [0.717, 1.165) is 13.0 Å². The van der Waals surface area contributed by atoms with Crippen molar-refractivity contribution in [2.45, 2.75) is 6.42 Å². The predicted octanol–water partition coefficient (Wildman–Crippen LogP) is 2.95. The van der Waals surface area contributed by atoms with Crippen molar-refractivity contribution in [1.82, 2.24) is 4.98 Å². The Hall–Kier alpha value is -3.81. The molecule has 1 aromatic heterocycles. The molecule has 0 spiro atoms. The van der Waals surface area contributed by atoms with Crippen molar-refractivity contribution in [2.75, 3.05) is 36.2 Å². The van der Waals surface area contributed by atoms with Crippen LogP contribution in [-0.2, 0) is 11.2 Å². The number of hydrogen-bond donors (Lipinski definition) is 3. The summed E-state index contributed by atoms with van der Waals surface area (Å²) in [6.45, 7) is 0.967. The zero-order valence-corrected chi connectivity index (χ0v) is 16.0. The second-order valence-corrected chi connectivity index (χ2v) is 6.89. The minimum Gasteiger partial charge on any atom is -0.464 e. The zero-order chi connectivity index (χ0) is 20.5. The van der Waals surface area contributed by atoms with E-state index in [2.05, 4.69) is 25.3 Å². The van der Waals surface area contributed by atoms with E-state index in [1.807, 2.05) is 25.2 Å². The number of likely N-dealkylation sites (N-methyl/N-ethyl adjacent to an activating group) is 1. The maximum Gasteiger partial charge on any atom is 0.354 e. The lowest BCUT2D eigenvalue weighted by atomic mass is 10.1. The van der Waals surface area contributed by atoms with Crippen LogP contribution in [0.1, 0.15) is 16.1 Å². The highest BCUT2D eigenvalue weighted by atomic mass is 16.5. The Bertz CT molecular complexity index is 1190. The van der Waals surface area contributed by atoms with Gasteiger partial charge in [-0.1, -0.05) is 0 Å². The molecule has 0 saturated heterocycles. The topological polar surface area (TPSA) is 104 Å². The molecule has 0 aliphatic carbocycles. The minimum atomic E-state index is -0.619. The van der Waals surface area contributed by atoms with Gasteiger partial charge in [-0.3, -0.25) is 4.79 Å². The number of aromatic amines is 1. The largest absolute Gasteiger partial charge is 0.464 e. The Kier molecular flexibility index (Phi) is 4.67. The molecule has 2 aromatic carbocycles. The molecule has 0 saturated carbocycles. The monoisotopic (exact) mass is 392 g/mol. The van der Waals surface area contributed by atoms with Gasteiger partial charge < -0.3 is 25.3 Å². The summed E-state index contributed by atoms with van der Waals surface area (Å²) in [5.74, 6) is -0.619. The third kappa shape index (κ3) is 3.64. The summed E-state index contributed by atoms with van der Waals surface area (Å²) in [5, 5.41) is 5.90. The van der Waals surface area contributed by atoms with Crippen molar-refractivity contribution >= 4 is 40.0 Å². The van der Waals surface area contributed by atoms with E-state index < -0.39 is 12.0 Å². The van der Waals surface area contributed by atoms with Crippen LogP contribution in [0.15, 0.2) is 47.3 Å². The normalized spacial score (nSPS) is 12.6. The van der Waals surface area contributed by atoms with Crippen LogP contribution in [0.5, 0.6) is 0 Å². The van der Waals surface area contributed by atoms with Gasteiger partial charge >= 0.3 is 12.0 Å². The van der Waals surface area contributed by atoms with Crippen LogP contribution in [0.4, 0.5) is 21.9 Å². The van der Waals surface area contributed by atoms with Crippen LogP contribution < -0.4 is 21.0 Å². The van der Waals surface area contributed by atoms with E-state index in [1.165, 1.54) is 24.4 Å². The maximum atomic E-state index is 12.4. The molecule has 3 N–H and O–H groups in total. The van der Waals surface area contributed by atoms with Gasteiger partial charge in [0, 0.05) is 42.1 Å². The summed E-state index contributed by atoms with van der Waals surface area (Å²) < 4.78 is 4.63. The first-order valence-electron chi connectivity index (χ1n) is 9.12. The van der Waals surface area contributed by atoms with Gasteiger partial charge in [-0.05, 0) is 48.4 Å². The Labute approximate surface area is 166 Å². The highest BCUT2D eigenvalue weighted by Crippen LogP contribution is 2.29. The van der Waals surface area contributed by atoms with Gasteiger partial charge in [0.2, 0.25) is 0 Å². The molecule has 0 radical (unpaired) electrons. The van der Waals surface area contributed by atoms with Crippen molar-refractivity contribution in [2.24, 2.45) is 0 Å². The summed E-state index contributed by atoms with van der Waals surface area (Å²) in [6, 6.07) is 11.4.